The van der Waals surface area contributed by atoms with Crippen molar-refractivity contribution in [3.63, 3.8) is 0 Å². The molecule has 1 aliphatic heterocycles. The van der Waals surface area contributed by atoms with Crippen molar-refractivity contribution in [3.8, 4) is 17.2 Å². The SMILES string of the molecule is COc1ccccc1Oc1ccc([C@H]2SCC[C@@H](CN)NC2=O)cc1. The van der Waals surface area contributed by atoms with Crippen molar-refractivity contribution < 1.29 is 14.3 Å². The molecule has 0 aromatic heterocycles. The minimum Gasteiger partial charge on any atom is -0.493 e. The Morgan fingerprint density at radius 2 is 1.88 bits per heavy atom. The number of methoxy groups -OCH3 is 1. The molecule has 1 fully saturated rings. The van der Waals surface area contributed by atoms with Crippen LogP contribution in [0.4, 0.5) is 0 Å². The van der Waals surface area contributed by atoms with Gasteiger partial charge in [-0.1, -0.05) is 24.3 Å². The zero-order valence-corrected chi connectivity index (χ0v) is 14.9. The van der Waals surface area contributed by atoms with Crippen LogP contribution in [0.1, 0.15) is 17.2 Å². The molecule has 0 aliphatic carbocycles. The highest BCUT2D eigenvalue weighted by Gasteiger charge is 2.26. The van der Waals surface area contributed by atoms with Crippen molar-refractivity contribution in [2.24, 2.45) is 5.73 Å². The van der Waals surface area contributed by atoms with E-state index in [-0.39, 0.29) is 17.2 Å². The maximum atomic E-state index is 12.4. The van der Waals surface area contributed by atoms with E-state index < -0.39 is 0 Å². The Labute approximate surface area is 151 Å². The molecule has 1 saturated heterocycles. The minimum absolute atomic E-state index is 0.0244. The highest BCUT2D eigenvalue weighted by Crippen LogP contribution is 2.35. The summed E-state index contributed by atoms with van der Waals surface area (Å²) in [5, 5.41) is 2.80. The first kappa shape index (κ1) is 17.6. The van der Waals surface area contributed by atoms with Crippen LogP contribution >= 0.6 is 11.8 Å². The summed E-state index contributed by atoms with van der Waals surface area (Å²) in [6.45, 7) is 0.477. The molecule has 5 nitrogen and oxygen atoms in total. The van der Waals surface area contributed by atoms with Gasteiger partial charge in [0.25, 0.3) is 0 Å². The van der Waals surface area contributed by atoms with E-state index in [0.717, 1.165) is 17.7 Å². The number of ether oxygens (including phenoxy) is 2. The Hall–Kier alpha value is -2.18. The Bertz CT molecular complexity index is 721. The van der Waals surface area contributed by atoms with E-state index in [1.807, 2.05) is 48.5 Å². The molecule has 1 amide bonds. The van der Waals surface area contributed by atoms with Gasteiger partial charge in [0.15, 0.2) is 11.5 Å². The smallest absolute Gasteiger partial charge is 0.237 e. The molecule has 3 N–H and O–H groups in total. The molecular weight excluding hydrogens is 336 g/mol. The molecule has 0 spiro atoms. The molecule has 2 aromatic rings. The summed E-state index contributed by atoms with van der Waals surface area (Å²) >= 11 is 1.65. The number of carbonyl (C=O) groups excluding carboxylic acids is 1. The van der Waals surface area contributed by atoms with Gasteiger partial charge in [0.05, 0.1) is 7.11 Å². The number of nitrogens with one attached hydrogen (secondary N) is 1. The first-order chi connectivity index (χ1) is 12.2. The van der Waals surface area contributed by atoms with E-state index in [1.54, 1.807) is 18.9 Å². The molecule has 1 heterocycles. The van der Waals surface area contributed by atoms with Gasteiger partial charge in [-0.05, 0) is 42.0 Å². The second-order valence-corrected chi connectivity index (χ2v) is 7.02. The van der Waals surface area contributed by atoms with Crippen LogP contribution < -0.4 is 20.5 Å². The van der Waals surface area contributed by atoms with E-state index in [4.69, 9.17) is 15.2 Å². The zero-order valence-electron chi connectivity index (χ0n) is 14.1. The van der Waals surface area contributed by atoms with Crippen molar-refractivity contribution in [1.29, 1.82) is 0 Å². The maximum Gasteiger partial charge on any atom is 0.237 e. The lowest BCUT2D eigenvalue weighted by atomic mass is 10.1. The third-order valence-corrected chi connectivity index (χ3v) is 5.39. The number of para-hydroxylation sites is 2. The van der Waals surface area contributed by atoms with Crippen molar-refractivity contribution in [2.75, 3.05) is 19.4 Å². The van der Waals surface area contributed by atoms with Gasteiger partial charge in [-0.25, -0.2) is 0 Å². The highest BCUT2D eigenvalue weighted by atomic mass is 32.2. The molecule has 25 heavy (non-hydrogen) atoms. The first-order valence-electron chi connectivity index (χ1n) is 8.24. The number of carbonyl (C=O) groups is 1. The molecule has 2 aromatic carbocycles. The molecule has 3 rings (SSSR count). The van der Waals surface area contributed by atoms with Crippen LogP contribution in [-0.2, 0) is 4.79 Å². The summed E-state index contributed by atoms with van der Waals surface area (Å²) in [6.07, 6.45) is 0.901. The summed E-state index contributed by atoms with van der Waals surface area (Å²) in [5.41, 5.74) is 6.65. The lowest BCUT2D eigenvalue weighted by molar-refractivity contribution is -0.121. The molecular formula is C19H22N2O3S. The monoisotopic (exact) mass is 358 g/mol. The van der Waals surface area contributed by atoms with Gasteiger partial charge in [-0.15, -0.1) is 11.8 Å². The Morgan fingerprint density at radius 1 is 1.16 bits per heavy atom. The minimum atomic E-state index is -0.211. The third-order valence-electron chi connectivity index (χ3n) is 4.10. The lowest BCUT2D eigenvalue weighted by Gasteiger charge is -2.16. The second kappa shape index (κ2) is 8.27. The number of thioether (sulfide) groups is 1. The van der Waals surface area contributed by atoms with Crippen LogP contribution in [0.5, 0.6) is 17.2 Å². The van der Waals surface area contributed by atoms with Gasteiger partial charge in [-0.3, -0.25) is 4.79 Å². The number of hydrogen-bond donors (Lipinski definition) is 2. The summed E-state index contributed by atoms with van der Waals surface area (Å²) in [6, 6.07) is 15.2. The average molecular weight is 358 g/mol. The normalized spacial score (nSPS) is 20.5. The average Bonchev–Trinajstić information content (AvgIpc) is 2.84. The quantitative estimate of drug-likeness (QED) is 0.859. The van der Waals surface area contributed by atoms with E-state index in [2.05, 4.69) is 5.32 Å². The van der Waals surface area contributed by atoms with Crippen LogP contribution in [-0.4, -0.2) is 31.4 Å². The standard InChI is InChI=1S/C19H22N2O3S/c1-23-16-4-2-3-5-17(16)24-15-8-6-13(7-9-15)18-19(22)21-14(12-20)10-11-25-18/h2-9,14,18H,10-12,20H2,1H3,(H,21,22)/t14-,18+/m0/s1. The van der Waals surface area contributed by atoms with Gasteiger partial charge in [0.1, 0.15) is 11.0 Å². The van der Waals surface area contributed by atoms with Crippen LogP contribution in [0, 0.1) is 0 Å². The van der Waals surface area contributed by atoms with Crippen LogP contribution in [0.15, 0.2) is 48.5 Å². The number of hydrogen-bond acceptors (Lipinski definition) is 5. The molecule has 6 heteroatoms. The predicted octanol–water partition coefficient (Wildman–Crippen LogP) is 3.11. The molecule has 0 bridgehead atoms. The molecule has 0 saturated carbocycles. The van der Waals surface area contributed by atoms with Gasteiger partial charge in [-0.2, -0.15) is 0 Å². The van der Waals surface area contributed by atoms with Crippen molar-refractivity contribution in [2.45, 2.75) is 17.7 Å². The van der Waals surface area contributed by atoms with Crippen LogP contribution in [0.2, 0.25) is 0 Å². The summed E-state index contributed by atoms with van der Waals surface area (Å²) in [4.78, 5) is 12.4. The Morgan fingerprint density at radius 3 is 2.56 bits per heavy atom. The maximum absolute atomic E-state index is 12.4. The van der Waals surface area contributed by atoms with Gasteiger partial charge >= 0.3 is 0 Å². The first-order valence-corrected chi connectivity index (χ1v) is 9.29. The van der Waals surface area contributed by atoms with Crippen LogP contribution in [0.25, 0.3) is 0 Å². The van der Waals surface area contributed by atoms with E-state index in [0.29, 0.717) is 23.8 Å². The fourth-order valence-electron chi connectivity index (χ4n) is 2.72. The molecule has 1 aliphatic rings. The topological polar surface area (TPSA) is 73.6 Å². The Balaban J connectivity index is 1.72. The number of rotatable bonds is 5. The largest absolute Gasteiger partial charge is 0.493 e. The molecule has 0 radical (unpaired) electrons. The molecule has 2 atom stereocenters. The van der Waals surface area contributed by atoms with E-state index >= 15 is 0 Å². The summed E-state index contributed by atoms with van der Waals surface area (Å²) in [5.74, 6) is 2.97. The molecule has 132 valence electrons. The zero-order chi connectivity index (χ0) is 17.6. The van der Waals surface area contributed by atoms with E-state index in [1.165, 1.54) is 0 Å². The van der Waals surface area contributed by atoms with Gasteiger partial charge < -0.3 is 20.5 Å². The predicted molar refractivity (Wildman–Crippen MR) is 100 cm³/mol. The number of benzene rings is 2. The fourth-order valence-corrected chi connectivity index (χ4v) is 3.94. The Kier molecular flexibility index (Phi) is 5.83. The fraction of sp³-hybridized carbons (Fsp3) is 0.316. The summed E-state index contributed by atoms with van der Waals surface area (Å²) in [7, 11) is 1.61. The van der Waals surface area contributed by atoms with Crippen LogP contribution in [0.3, 0.4) is 0 Å². The molecule has 0 unspecified atom stereocenters. The van der Waals surface area contributed by atoms with E-state index in [9.17, 15) is 4.79 Å². The van der Waals surface area contributed by atoms with Gasteiger partial charge in [0.2, 0.25) is 5.91 Å². The number of amides is 1. The number of nitrogens with two attached hydrogens (primary N) is 1. The van der Waals surface area contributed by atoms with Crippen molar-refractivity contribution in [3.05, 3.63) is 54.1 Å². The third kappa shape index (κ3) is 4.27. The van der Waals surface area contributed by atoms with Gasteiger partial charge in [0, 0.05) is 12.6 Å². The highest BCUT2D eigenvalue weighted by molar-refractivity contribution is 8.00. The van der Waals surface area contributed by atoms with Crippen molar-refractivity contribution in [1.82, 2.24) is 5.32 Å². The lowest BCUT2D eigenvalue weighted by Crippen LogP contribution is -2.40. The summed E-state index contributed by atoms with van der Waals surface area (Å²) < 4.78 is 11.2. The van der Waals surface area contributed by atoms with Crippen molar-refractivity contribution >= 4 is 17.7 Å². The second-order valence-electron chi connectivity index (χ2n) is 5.80.